The van der Waals surface area contributed by atoms with E-state index >= 15 is 0 Å². The van der Waals surface area contributed by atoms with Crippen LogP contribution >= 0.6 is 0 Å². The highest BCUT2D eigenvalue weighted by Gasteiger charge is 1.99. The minimum absolute atomic E-state index is 0.915. The van der Waals surface area contributed by atoms with E-state index in [9.17, 15) is 0 Å². The lowest BCUT2D eigenvalue weighted by atomic mass is 10.1. The molecule has 12 heavy (non-hydrogen) atoms. The first-order chi connectivity index (χ1) is 5.72. The van der Waals surface area contributed by atoms with Crippen LogP contribution in [0.15, 0.2) is 53.3 Å². The Bertz CT molecular complexity index is 305. The van der Waals surface area contributed by atoms with Gasteiger partial charge in [-0.25, -0.2) is 0 Å². The molecule has 0 aromatic rings. The first-order valence-corrected chi connectivity index (χ1v) is 4.16. The number of hydrogen-bond donors (Lipinski definition) is 0. The SMILES string of the molecule is C=C1C=CC(C)=CC(=C=CC)C1. The summed E-state index contributed by atoms with van der Waals surface area (Å²) in [6.07, 6.45) is 9.16. The van der Waals surface area contributed by atoms with Gasteiger partial charge in [-0.05, 0) is 31.6 Å². The summed E-state index contributed by atoms with van der Waals surface area (Å²) in [7, 11) is 0. The molecule has 0 atom stereocenters. The Labute approximate surface area is 74.3 Å². The van der Waals surface area contributed by atoms with Gasteiger partial charge < -0.3 is 0 Å². The van der Waals surface area contributed by atoms with Gasteiger partial charge in [-0.15, -0.1) is 5.73 Å². The number of allylic oxidation sites excluding steroid dienone is 6. The topological polar surface area (TPSA) is 0 Å². The van der Waals surface area contributed by atoms with Gasteiger partial charge in [0.2, 0.25) is 0 Å². The zero-order valence-corrected chi connectivity index (χ0v) is 7.72. The van der Waals surface area contributed by atoms with Gasteiger partial charge in [-0.1, -0.05) is 29.9 Å². The third kappa shape index (κ3) is 2.41. The van der Waals surface area contributed by atoms with Gasteiger partial charge in [0.25, 0.3) is 0 Å². The van der Waals surface area contributed by atoms with Crippen molar-refractivity contribution in [2.45, 2.75) is 20.3 Å². The highest BCUT2D eigenvalue weighted by molar-refractivity contribution is 5.39. The fourth-order valence-electron chi connectivity index (χ4n) is 1.20. The molecular weight excluding hydrogens is 144 g/mol. The van der Waals surface area contributed by atoms with Crippen molar-refractivity contribution < 1.29 is 0 Å². The molecule has 0 unspecified atom stereocenters. The normalized spacial score (nSPS) is 16.7. The van der Waals surface area contributed by atoms with Crippen LogP contribution in [0.4, 0.5) is 0 Å². The second kappa shape index (κ2) is 3.94. The first-order valence-electron chi connectivity index (χ1n) is 4.16. The van der Waals surface area contributed by atoms with Crippen LogP contribution in [-0.4, -0.2) is 0 Å². The van der Waals surface area contributed by atoms with E-state index in [4.69, 9.17) is 0 Å². The predicted octanol–water partition coefficient (Wildman–Crippen LogP) is 3.55. The summed E-state index contributed by atoms with van der Waals surface area (Å²) in [6, 6.07) is 0. The molecule has 0 bridgehead atoms. The molecule has 1 rings (SSSR count). The van der Waals surface area contributed by atoms with E-state index in [1.807, 2.05) is 13.0 Å². The van der Waals surface area contributed by atoms with Crippen LogP contribution in [-0.2, 0) is 0 Å². The summed E-state index contributed by atoms with van der Waals surface area (Å²) in [4.78, 5) is 0. The molecule has 0 fully saturated rings. The highest BCUT2D eigenvalue weighted by Crippen LogP contribution is 2.17. The van der Waals surface area contributed by atoms with Gasteiger partial charge in [0.05, 0.1) is 0 Å². The van der Waals surface area contributed by atoms with Crippen molar-refractivity contribution in [3.63, 3.8) is 0 Å². The zero-order chi connectivity index (χ0) is 8.97. The third-order valence-electron chi connectivity index (χ3n) is 1.73. The smallest absolute Gasteiger partial charge is 0.00420 e. The predicted molar refractivity (Wildman–Crippen MR) is 53.9 cm³/mol. The van der Waals surface area contributed by atoms with Gasteiger partial charge in [0, 0.05) is 6.42 Å². The van der Waals surface area contributed by atoms with Gasteiger partial charge in [0.1, 0.15) is 0 Å². The third-order valence-corrected chi connectivity index (χ3v) is 1.73. The standard InChI is InChI=1S/C12H14/c1-4-5-12-8-10(2)6-7-11(3)9-12/h4,6-7,9H,2,8H2,1,3H3. The molecule has 0 saturated carbocycles. The summed E-state index contributed by atoms with van der Waals surface area (Å²) in [5.74, 6) is 0. The van der Waals surface area contributed by atoms with Crippen molar-refractivity contribution >= 4 is 0 Å². The summed E-state index contributed by atoms with van der Waals surface area (Å²) in [5.41, 5.74) is 6.82. The zero-order valence-electron chi connectivity index (χ0n) is 7.72. The van der Waals surface area contributed by atoms with E-state index in [1.165, 1.54) is 11.1 Å². The van der Waals surface area contributed by atoms with E-state index in [1.54, 1.807) is 0 Å². The Morgan fingerprint density at radius 3 is 2.92 bits per heavy atom. The largest absolute Gasteiger partial charge is 0.122 e. The Kier molecular flexibility index (Phi) is 2.90. The fraction of sp³-hybridized carbons (Fsp3) is 0.250. The van der Waals surface area contributed by atoms with Crippen LogP contribution in [0.5, 0.6) is 0 Å². The molecule has 0 heteroatoms. The lowest BCUT2D eigenvalue weighted by Crippen LogP contribution is -1.77. The average molecular weight is 158 g/mol. The fourth-order valence-corrected chi connectivity index (χ4v) is 1.20. The van der Waals surface area contributed by atoms with Crippen molar-refractivity contribution in [1.29, 1.82) is 0 Å². The maximum atomic E-state index is 3.95. The van der Waals surface area contributed by atoms with Crippen LogP contribution in [0.25, 0.3) is 0 Å². The molecular formula is C12H14. The van der Waals surface area contributed by atoms with Gasteiger partial charge in [-0.3, -0.25) is 0 Å². The Hall–Kier alpha value is -1.26. The Morgan fingerprint density at radius 2 is 2.25 bits per heavy atom. The summed E-state index contributed by atoms with van der Waals surface area (Å²) in [5, 5.41) is 0. The van der Waals surface area contributed by atoms with E-state index in [-0.39, 0.29) is 0 Å². The molecule has 0 saturated heterocycles. The summed E-state index contributed by atoms with van der Waals surface area (Å²) >= 11 is 0. The van der Waals surface area contributed by atoms with Crippen LogP contribution in [0.3, 0.4) is 0 Å². The van der Waals surface area contributed by atoms with E-state index in [0.717, 1.165) is 12.0 Å². The van der Waals surface area contributed by atoms with Gasteiger partial charge in [0.15, 0.2) is 0 Å². The molecule has 1 aliphatic rings. The van der Waals surface area contributed by atoms with Crippen molar-refractivity contribution in [2.75, 3.05) is 0 Å². The van der Waals surface area contributed by atoms with E-state index in [0.29, 0.717) is 0 Å². The molecule has 0 aliphatic heterocycles. The van der Waals surface area contributed by atoms with Crippen molar-refractivity contribution in [2.24, 2.45) is 0 Å². The molecule has 0 nitrogen and oxygen atoms in total. The lowest BCUT2D eigenvalue weighted by molar-refractivity contribution is 1.23. The number of rotatable bonds is 0. The Balaban J connectivity index is 3.03. The average Bonchev–Trinajstić information content (AvgIpc) is 2.14. The van der Waals surface area contributed by atoms with Gasteiger partial charge >= 0.3 is 0 Å². The number of hydrogen-bond acceptors (Lipinski definition) is 0. The van der Waals surface area contributed by atoms with Crippen LogP contribution in [0, 0.1) is 0 Å². The monoisotopic (exact) mass is 158 g/mol. The minimum Gasteiger partial charge on any atom is -0.122 e. The lowest BCUT2D eigenvalue weighted by Gasteiger charge is -1.95. The molecule has 0 N–H and O–H groups in total. The van der Waals surface area contributed by atoms with Crippen molar-refractivity contribution in [3.05, 3.63) is 53.3 Å². The molecule has 62 valence electrons. The molecule has 0 aromatic heterocycles. The summed E-state index contributed by atoms with van der Waals surface area (Å²) in [6.45, 7) is 8.02. The molecule has 0 aromatic carbocycles. The van der Waals surface area contributed by atoms with E-state index in [2.05, 4.69) is 37.5 Å². The summed E-state index contributed by atoms with van der Waals surface area (Å²) < 4.78 is 0. The van der Waals surface area contributed by atoms with Crippen molar-refractivity contribution in [3.8, 4) is 0 Å². The van der Waals surface area contributed by atoms with Crippen LogP contribution < -0.4 is 0 Å². The highest BCUT2D eigenvalue weighted by atomic mass is 14.0. The minimum atomic E-state index is 0.915. The maximum absolute atomic E-state index is 3.95. The molecule has 0 amide bonds. The second-order valence-corrected chi connectivity index (χ2v) is 3.01. The Morgan fingerprint density at radius 1 is 1.50 bits per heavy atom. The maximum Gasteiger partial charge on any atom is 0.00420 e. The molecule has 0 spiro atoms. The van der Waals surface area contributed by atoms with Crippen molar-refractivity contribution in [1.82, 2.24) is 0 Å². The second-order valence-electron chi connectivity index (χ2n) is 3.01. The van der Waals surface area contributed by atoms with Gasteiger partial charge in [-0.2, -0.15) is 0 Å². The molecule has 0 heterocycles. The van der Waals surface area contributed by atoms with Crippen LogP contribution in [0.1, 0.15) is 20.3 Å². The quantitative estimate of drug-likeness (QED) is 0.473. The van der Waals surface area contributed by atoms with Crippen LogP contribution in [0.2, 0.25) is 0 Å². The molecule has 0 radical (unpaired) electrons. The molecule has 1 aliphatic carbocycles. The first kappa shape index (κ1) is 8.83. The van der Waals surface area contributed by atoms with E-state index < -0.39 is 0 Å².